The molecular formula is C64H94N12O13. The third kappa shape index (κ3) is 18.8. The van der Waals surface area contributed by atoms with Crippen LogP contribution in [-0.4, -0.2) is 168 Å². The molecule has 6 rings (SSSR count). The summed E-state index contributed by atoms with van der Waals surface area (Å²) in [6.07, 6.45) is 4.20. The van der Waals surface area contributed by atoms with Gasteiger partial charge >= 0.3 is 5.97 Å². The first-order valence-electron chi connectivity index (χ1n) is 31.6. The van der Waals surface area contributed by atoms with Crippen molar-refractivity contribution in [3.63, 3.8) is 0 Å². The van der Waals surface area contributed by atoms with Gasteiger partial charge in [0.05, 0.1) is 6.04 Å². The first kappa shape index (κ1) is 70.1. The van der Waals surface area contributed by atoms with E-state index in [4.69, 9.17) is 0 Å². The summed E-state index contributed by atoms with van der Waals surface area (Å²) in [5, 5.41) is 41.1. The van der Waals surface area contributed by atoms with Crippen molar-refractivity contribution in [3.8, 4) is 0 Å². The third-order valence-corrected chi connectivity index (χ3v) is 17.2. The van der Waals surface area contributed by atoms with Crippen molar-refractivity contribution in [2.45, 2.75) is 204 Å². The largest absolute Gasteiger partial charge is 0.479 e. The number of carboxylic acid groups (broad SMARTS) is 1. The van der Waals surface area contributed by atoms with Crippen LogP contribution in [-0.2, 0) is 57.5 Å². The van der Waals surface area contributed by atoms with Gasteiger partial charge in [-0.3, -0.25) is 52.7 Å². The molecule has 0 spiro atoms. The van der Waals surface area contributed by atoms with E-state index in [-0.39, 0.29) is 95.2 Å². The van der Waals surface area contributed by atoms with Gasteiger partial charge in [0.25, 0.3) is 0 Å². The molecule has 0 radical (unpaired) electrons. The zero-order valence-corrected chi connectivity index (χ0v) is 52.6. The number of benzene rings is 2. The van der Waals surface area contributed by atoms with Crippen LogP contribution >= 0.6 is 0 Å². The van der Waals surface area contributed by atoms with Gasteiger partial charge in [0.2, 0.25) is 66.0 Å². The molecule has 0 aromatic heterocycles. The van der Waals surface area contributed by atoms with Gasteiger partial charge in [-0.15, -0.1) is 0 Å². The average Bonchev–Trinajstić information content (AvgIpc) is 1.57. The first-order chi connectivity index (χ1) is 42.4. The van der Waals surface area contributed by atoms with E-state index in [0.29, 0.717) is 32.2 Å². The summed E-state index contributed by atoms with van der Waals surface area (Å²) in [5.41, 5.74) is -1.71. The molecule has 0 bridgehead atoms. The van der Waals surface area contributed by atoms with Crippen molar-refractivity contribution in [2.24, 2.45) is 23.7 Å². The van der Waals surface area contributed by atoms with Gasteiger partial charge in [0, 0.05) is 31.5 Å². The molecule has 11 amide bonds. The molecule has 2 aromatic carbocycles. The van der Waals surface area contributed by atoms with Crippen molar-refractivity contribution in [1.82, 2.24) is 63.4 Å². The van der Waals surface area contributed by atoms with Gasteiger partial charge in [-0.05, 0) is 118 Å². The summed E-state index contributed by atoms with van der Waals surface area (Å²) in [6.45, 7) is 15.4. The molecule has 4 fully saturated rings. The molecule has 2 saturated heterocycles. The normalized spacial score (nSPS) is 22.9. The molecule has 12 atom stereocenters. The molecule has 2 heterocycles. The van der Waals surface area contributed by atoms with Crippen molar-refractivity contribution >= 4 is 72.0 Å². The summed E-state index contributed by atoms with van der Waals surface area (Å²) in [5.74, 6) is -9.33. The Morgan fingerprint density at radius 1 is 0.551 bits per heavy atom. The summed E-state index contributed by atoms with van der Waals surface area (Å²) in [4.78, 5) is 166. The molecule has 0 unspecified atom stereocenters. The highest BCUT2D eigenvalue weighted by Crippen LogP contribution is 2.54. The molecule has 25 nitrogen and oxygen atoms in total. The molecule has 2 saturated carbocycles. The minimum Gasteiger partial charge on any atom is -0.479 e. The van der Waals surface area contributed by atoms with Gasteiger partial charge in [-0.2, -0.15) is 0 Å². The molecule has 25 heteroatoms. The monoisotopic (exact) mass is 1240 g/mol. The second kappa shape index (κ2) is 32.5. The van der Waals surface area contributed by atoms with E-state index < -0.39 is 136 Å². The number of carbonyl (C=O) groups is 12. The van der Waals surface area contributed by atoms with E-state index in [1.165, 1.54) is 4.90 Å². The van der Waals surface area contributed by atoms with E-state index in [1.807, 2.05) is 45.9 Å². The lowest BCUT2D eigenvalue weighted by molar-refractivity contribution is -0.144. The van der Waals surface area contributed by atoms with Crippen molar-refractivity contribution in [3.05, 3.63) is 71.8 Å². The quantitative estimate of drug-likeness (QED) is 0.0338. The number of aliphatic carboxylic acids is 1. The summed E-state index contributed by atoms with van der Waals surface area (Å²) < 4.78 is 0. The van der Waals surface area contributed by atoms with Crippen LogP contribution in [0.15, 0.2) is 60.7 Å². The SMILES string of the molecule is CC(C)C[C@H](NC(=O)[C@H]1CCCN1C(=O)[C@]1(NC(=O)[C@@H](NC(=O)[C@H](CCCNC=O)NC(=O)[C@H](CC(C)C)NC(=O)[C@H]2CCCN2)C(C)C)C[C@@H]1c1ccccc1)C(=O)N[C@@H](CCCNC=O)C(=O)N[C@H](C(=O)N[C@@]1(C(=O)O)C[C@@H]1c1ccccc1)C(C)C. The van der Waals surface area contributed by atoms with Crippen molar-refractivity contribution < 1.29 is 62.6 Å². The predicted octanol–water partition coefficient (Wildman–Crippen LogP) is 1.26. The van der Waals surface area contributed by atoms with Crippen LogP contribution in [0.3, 0.4) is 0 Å². The van der Waals surface area contributed by atoms with Crippen LogP contribution < -0.4 is 58.5 Å². The minimum absolute atomic E-state index is 0.0133. The van der Waals surface area contributed by atoms with Crippen LogP contribution in [0.1, 0.15) is 155 Å². The third-order valence-electron chi connectivity index (χ3n) is 17.2. The maximum absolute atomic E-state index is 15.3. The number of likely N-dealkylation sites (tertiary alicyclic amines) is 1. The lowest BCUT2D eigenvalue weighted by Crippen LogP contribution is -2.62. The minimum atomic E-state index is -1.60. The topological polar surface area (TPSA) is 361 Å². The maximum Gasteiger partial charge on any atom is 0.330 e. The molecule has 89 heavy (non-hydrogen) atoms. The summed E-state index contributed by atoms with van der Waals surface area (Å²) >= 11 is 0. The van der Waals surface area contributed by atoms with E-state index in [9.17, 15) is 57.8 Å². The van der Waals surface area contributed by atoms with Gasteiger partial charge in [0.1, 0.15) is 53.4 Å². The van der Waals surface area contributed by atoms with Gasteiger partial charge < -0.3 is 68.5 Å². The van der Waals surface area contributed by atoms with Crippen LogP contribution in [0.5, 0.6) is 0 Å². The van der Waals surface area contributed by atoms with E-state index in [2.05, 4.69) is 58.5 Å². The number of nitrogens with one attached hydrogen (secondary N) is 11. The fourth-order valence-electron chi connectivity index (χ4n) is 12.1. The highest BCUT2D eigenvalue weighted by atomic mass is 16.4. The van der Waals surface area contributed by atoms with E-state index in [0.717, 1.165) is 17.5 Å². The fourth-order valence-corrected chi connectivity index (χ4v) is 12.1. The Morgan fingerprint density at radius 3 is 1.42 bits per heavy atom. The average molecular weight is 1240 g/mol. The lowest BCUT2D eigenvalue weighted by atomic mass is 9.99. The number of rotatable bonds is 36. The molecule has 2 aromatic rings. The standard InChI is InChI=1S/C64H94N12O13/c1-37(2)31-48(70-53(79)45-23-17-29-67-45)56(82)68-46(24-15-27-65-35-77)54(80)72-51(39(5)6)59(85)74-63(33-43(63)41-19-11-9-12-20-41)61(87)76-30-18-26-50(76)58(84)71-49(32-38(3)4)57(83)69-47(25-16-28-66-36-78)55(81)73-52(40(7)8)60(86)75-64(62(88)89)34-44(64)42-21-13-10-14-22-42/h9-14,19-22,35-40,43-52,67H,15-18,23-34H2,1-8H3,(H,65,77)(H,66,78)(H,68,82)(H,69,83)(H,70,79)(H,71,84)(H,72,80)(H,73,81)(H,74,85)(H,75,86)(H,88,89)/t43-,44-,45-,46+,47+,48+,49+,50-,51+,52+,63+,64+/m1/s1. The molecule has 12 N–H and O–H groups in total. The maximum atomic E-state index is 15.3. The first-order valence-corrected chi connectivity index (χ1v) is 31.6. The Morgan fingerprint density at radius 2 is 0.989 bits per heavy atom. The van der Waals surface area contributed by atoms with Gasteiger partial charge in [0.15, 0.2) is 0 Å². The Labute approximate surface area is 521 Å². The number of hydrogen-bond donors (Lipinski definition) is 12. The molecule has 4 aliphatic rings. The Hall–Kier alpha value is -7.96. The van der Waals surface area contributed by atoms with Gasteiger partial charge in [-0.25, -0.2) is 4.79 Å². The second-order valence-corrected chi connectivity index (χ2v) is 25.8. The second-order valence-electron chi connectivity index (χ2n) is 25.8. The van der Waals surface area contributed by atoms with Crippen LogP contribution in [0, 0.1) is 23.7 Å². The summed E-state index contributed by atoms with van der Waals surface area (Å²) in [7, 11) is 0. The predicted molar refractivity (Wildman–Crippen MR) is 330 cm³/mol. The molecule has 2 aliphatic carbocycles. The number of nitrogens with zero attached hydrogens (tertiary/aromatic N) is 1. The zero-order chi connectivity index (χ0) is 65.2. The Kier molecular flexibility index (Phi) is 25.6. The van der Waals surface area contributed by atoms with E-state index in [1.54, 1.807) is 70.2 Å². The number of carboxylic acids is 1. The Bertz CT molecular complexity index is 2820. The molecule has 488 valence electrons. The van der Waals surface area contributed by atoms with Crippen molar-refractivity contribution in [1.29, 1.82) is 0 Å². The Balaban J connectivity index is 1.18. The smallest absolute Gasteiger partial charge is 0.330 e. The fraction of sp³-hybridized carbons (Fsp3) is 0.625. The summed E-state index contributed by atoms with van der Waals surface area (Å²) in [6, 6.07) is 9.24. The van der Waals surface area contributed by atoms with E-state index >= 15 is 4.79 Å². The number of amides is 11. The van der Waals surface area contributed by atoms with Gasteiger partial charge in [-0.1, -0.05) is 116 Å². The highest BCUT2D eigenvalue weighted by Gasteiger charge is 2.65. The number of hydrogen-bond acceptors (Lipinski definition) is 13. The molecular weight excluding hydrogens is 1140 g/mol. The van der Waals surface area contributed by atoms with Crippen LogP contribution in [0.2, 0.25) is 0 Å². The van der Waals surface area contributed by atoms with Crippen molar-refractivity contribution in [2.75, 3.05) is 26.2 Å². The molecule has 2 aliphatic heterocycles. The van der Waals surface area contributed by atoms with Crippen LogP contribution in [0.25, 0.3) is 0 Å². The highest BCUT2D eigenvalue weighted by molar-refractivity contribution is 6.02. The zero-order valence-electron chi connectivity index (χ0n) is 52.6. The number of carbonyl (C=O) groups excluding carboxylic acids is 11. The lowest BCUT2D eigenvalue weighted by Gasteiger charge is -2.33. The van der Waals surface area contributed by atoms with Crippen LogP contribution in [0.4, 0.5) is 0 Å².